The molecule has 3 aromatic rings. The van der Waals surface area contributed by atoms with Crippen LogP contribution >= 0.6 is 0 Å². The number of rotatable bonds is 3. The second kappa shape index (κ2) is 6.63. The van der Waals surface area contributed by atoms with Crippen molar-refractivity contribution in [2.24, 2.45) is 0 Å². The molecule has 1 fully saturated rings. The Balaban J connectivity index is 1.41. The van der Waals surface area contributed by atoms with Crippen LogP contribution in [0.2, 0.25) is 0 Å². The van der Waals surface area contributed by atoms with Gasteiger partial charge in [0.05, 0.1) is 0 Å². The lowest BCUT2D eigenvalue weighted by Gasteiger charge is -2.23. The van der Waals surface area contributed by atoms with Gasteiger partial charge in [0.25, 0.3) is 5.56 Å². The molecule has 0 radical (unpaired) electrons. The number of hydrogen-bond acceptors (Lipinski definition) is 4. The zero-order valence-corrected chi connectivity index (χ0v) is 15.5. The molecule has 0 N–H and O–H groups in total. The van der Waals surface area contributed by atoms with Gasteiger partial charge in [-0.1, -0.05) is 42.5 Å². The lowest BCUT2D eigenvalue weighted by atomic mass is 9.85. The van der Waals surface area contributed by atoms with Crippen molar-refractivity contribution in [3.63, 3.8) is 0 Å². The first-order valence-electron chi connectivity index (χ1n) is 9.65. The van der Waals surface area contributed by atoms with Crippen LogP contribution in [-0.2, 0) is 18.5 Å². The molecule has 5 nitrogen and oxygen atoms in total. The summed E-state index contributed by atoms with van der Waals surface area (Å²) >= 11 is 0. The molecule has 142 valence electrons. The SMILES string of the molecule is O=c1c(-c2ccccc2)nnc2n1CC[C@@]21CCN(Cc2ccc(F)cc2)C1. The third kappa shape index (κ3) is 2.85. The Hall–Kier alpha value is -2.86. The quantitative estimate of drug-likeness (QED) is 0.705. The van der Waals surface area contributed by atoms with Gasteiger partial charge in [-0.25, -0.2) is 4.39 Å². The van der Waals surface area contributed by atoms with E-state index < -0.39 is 0 Å². The molecule has 0 unspecified atom stereocenters. The van der Waals surface area contributed by atoms with Gasteiger partial charge < -0.3 is 0 Å². The number of hydrogen-bond donors (Lipinski definition) is 0. The molecule has 28 heavy (non-hydrogen) atoms. The van der Waals surface area contributed by atoms with Gasteiger partial charge in [0.2, 0.25) is 0 Å². The number of halogens is 1. The maximum atomic E-state index is 13.1. The number of likely N-dealkylation sites (tertiary alicyclic amines) is 1. The number of aromatic nitrogens is 3. The van der Waals surface area contributed by atoms with Crippen LogP contribution in [0.3, 0.4) is 0 Å². The molecule has 1 spiro atoms. The van der Waals surface area contributed by atoms with E-state index in [-0.39, 0.29) is 16.8 Å². The molecule has 2 aliphatic heterocycles. The van der Waals surface area contributed by atoms with Gasteiger partial charge in [-0.05, 0) is 37.1 Å². The molecule has 1 saturated heterocycles. The van der Waals surface area contributed by atoms with E-state index in [2.05, 4.69) is 15.1 Å². The summed E-state index contributed by atoms with van der Waals surface area (Å²) in [6, 6.07) is 16.2. The van der Waals surface area contributed by atoms with E-state index in [1.807, 2.05) is 47.0 Å². The maximum absolute atomic E-state index is 13.1. The van der Waals surface area contributed by atoms with Gasteiger partial charge >= 0.3 is 0 Å². The summed E-state index contributed by atoms with van der Waals surface area (Å²) in [5.41, 5.74) is 2.16. The average molecular weight is 376 g/mol. The molecule has 3 heterocycles. The minimum atomic E-state index is -0.213. The van der Waals surface area contributed by atoms with Crippen molar-refractivity contribution in [1.82, 2.24) is 19.7 Å². The molecule has 1 atom stereocenters. The summed E-state index contributed by atoms with van der Waals surface area (Å²) in [7, 11) is 0. The molecule has 6 heteroatoms. The third-order valence-corrected chi connectivity index (χ3v) is 6.04. The van der Waals surface area contributed by atoms with Crippen molar-refractivity contribution >= 4 is 0 Å². The van der Waals surface area contributed by atoms with Gasteiger partial charge in [-0.3, -0.25) is 14.3 Å². The summed E-state index contributed by atoms with van der Waals surface area (Å²) in [6.45, 7) is 3.26. The first-order chi connectivity index (χ1) is 13.6. The van der Waals surface area contributed by atoms with E-state index in [4.69, 9.17) is 0 Å². The number of benzene rings is 2. The molecule has 5 rings (SSSR count). The predicted octanol–water partition coefficient (Wildman–Crippen LogP) is 2.99. The fourth-order valence-corrected chi connectivity index (χ4v) is 4.56. The Bertz CT molecular complexity index is 1060. The summed E-state index contributed by atoms with van der Waals surface area (Å²) in [6.07, 6.45) is 1.88. The molecule has 0 bridgehead atoms. The Morgan fingerprint density at radius 1 is 0.964 bits per heavy atom. The Kier molecular flexibility index (Phi) is 4.09. The topological polar surface area (TPSA) is 51.0 Å². The molecule has 2 aliphatic rings. The first kappa shape index (κ1) is 17.3. The van der Waals surface area contributed by atoms with Crippen molar-refractivity contribution in [1.29, 1.82) is 0 Å². The Morgan fingerprint density at radius 3 is 2.50 bits per heavy atom. The van der Waals surface area contributed by atoms with Crippen LogP contribution in [0, 0.1) is 5.82 Å². The molecule has 0 saturated carbocycles. The van der Waals surface area contributed by atoms with Gasteiger partial charge in [0.1, 0.15) is 11.6 Å². The summed E-state index contributed by atoms with van der Waals surface area (Å²) in [4.78, 5) is 15.4. The van der Waals surface area contributed by atoms with Gasteiger partial charge in [-0.15, -0.1) is 10.2 Å². The van der Waals surface area contributed by atoms with Crippen LogP contribution in [0.5, 0.6) is 0 Å². The highest BCUT2D eigenvalue weighted by Crippen LogP contribution is 2.41. The minimum Gasteiger partial charge on any atom is -0.298 e. The standard InChI is InChI=1S/C22H21FN4O/c23-18-8-6-16(7-9-18)14-26-12-10-22(15-26)11-13-27-20(28)19(24-25-21(22)27)17-4-2-1-3-5-17/h1-9H,10-15H2/t22-/m1/s1. The minimum absolute atomic E-state index is 0.0509. The van der Waals surface area contributed by atoms with Crippen LogP contribution in [0.1, 0.15) is 24.2 Å². The van der Waals surface area contributed by atoms with Crippen molar-refractivity contribution in [3.05, 3.63) is 82.2 Å². The lowest BCUT2D eigenvalue weighted by Crippen LogP contribution is -2.33. The summed E-state index contributed by atoms with van der Waals surface area (Å²) < 4.78 is 15.0. The number of fused-ring (bicyclic) bond motifs is 2. The summed E-state index contributed by atoms with van der Waals surface area (Å²) in [5.74, 6) is 0.606. The van der Waals surface area contributed by atoms with E-state index in [0.29, 0.717) is 12.2 Å². The highest BCUT2D eigenvalue weighted by atomic mass is 19.1. The average Bonchev–Trinajstić information content (AvgIpc) is 3.30. The van der Waals surface area contributed by atoms with Crippen molar-refractivity contribution in [2.45, 2.75) is 31.3 Å². The maximum Gasteiger partial charge on any atom is 0.280 e. The lowest BCUT2D eigenvalue weighted by molar-refractivity contribution is 0.299. The van der Waals surface area contributed by atoms with E-state index in [1.54, 1.807) is 0 Å². The van der Waals surface area contributed by atoms with E-state index in [9.17, 15) is 9.18 Å². The fraction of sp³-hybridized carbons (Fsp3) is 0.318. The highest BCUT2D eigenvalue weighted by Gasteiger charge is 2.46. The monoisotopic (exact) mass is 376 g/mol. The van der Waals surface area contributed by atoms with Crippen molar-refractivity contribution in [3.8, 4) is 11.3 Å². The highest BCUT2D eigenvalue weighted by molar-refractivity contribution is 5.57. The van der Waals surface area contributed by atoms with E-state index in [1.165, 1.54) is 12.1 Å². The fourth-order valence-electron chi connectivity index (χ4n) is 4.56. The first-order valence-corrected chi connectivity index (χ1v) is 9.65. The molecule has 0 amide bonds. The zero-order valence-electron chi connectivity index (χ0n) is 15.5. The zero-order chi connectivity index (χ0) is 19.1. The Morgan fingerprint density at radius 2 is 1.71 bits per heavy atom. The summed E-state index contributed by atoms with van der Waals surface area (Å²) in [5, 5.41) is 8.84. The van der Waals surface area contributed by atoms with Crippen LogP contribution in [0.15, 0.2) is 59.4 Å². The van der Waals surface area contributed by atoms with E-state index >= 15 is 0 Å². The van der Waals surface area contributed by atoms with Gasteiger partial charge in [0.15, 0.2) is 5.69 Å². The van der Waals surface area contributed by atoms with Crippen LogP contribution in [0.4, 0.5) is 4.39 Å². The largest absolute Gasteiger partial charge is 0.298 e. The third-order valence-electron chi connectivity index (χ3n) is 6.04. The van der Waals surface area contributed by atoms with E-state index in [0.717, 1.165) is 49.4 Å². The molecule has 0 aliphatic carbocycles. The molecular weight excluding hydrogens is 355 g/mol. The predicted molar refractivity (Wildman–Crippen MR) is 104 cm³/mol. The Labute approximate surface area is 162 Å². The van der Waals surface area contributed by atoms with Crippen molar-refractivity contribution in [2.75, 3.05) is 13.1 Å². The van der Waals surface area contributed by atoms with Crippen LogP contribution < -0.4 is 5.56 Å². The van der Waals surface area contributed by atoms with Gasteiger partial charge in [-0.2, -0.15) is 0 Å². The molecular formula is C22H21FN4O. The van der Waals surface area contributed by atoms with Gasteiger partial charge in [0, 0.05) is 30.6 Å². The van der Waals surface area contributed by atoms with Crippen LogP contribution in [-0.4, -0.2) is 32.8 Å². The second-order valence-corrected chi connectivity index (χ2v) is 7.81. The van der Waals surface area contributed by atoms with Crippen molar-refractivity contribution < 1.29 is 4.39 Å². The molecule has 2 aromatic carbocycles. The molecule has 1 aromatic heterocycles. The number of nitrogens with zero attached hydrogens (tertiary/aromatic N) is 4. The normalized spacial score (nSPS) is 21.3. The second-order valence-electron chi connectivity index (χ2n) is 7.81. The van der Waals surface area contributed by atoms with Crippen LogP contribution in [0.25, 0.3) is 11.3 Å². The smallest absolute Gasteiger partial charge is 0.280 e.